The number of carbonyl (C=O) groups excluding carboxylic acids is 1. The molecule has 1 aromatic carbocycles. The topological polar surface area (TPSA) is 105 Å². The van der Waals surface area contributed by atoms with Crippen molar-refractivity contribution < 1.29 is 23.4 Å². The van der Waals surface area contributed by atoms with E-state index in [1.807, 2.05) is 18.2 Å². The number of benzene rings is 1. The second kappa shape index (κ2) is 13.7. The van der Waals surface area contributed by atoms with Crippen LogP contribution in [0.2, 0.25) is 0 Å². The SMILES string of the molecule is COc1nc(NCCCN2CCN(C)CC2)nc(OC)c1N(C(C)=O)c1ccc(Oc2cc(C(C)(C)C)ccc2Br)o1. The van der Waals surface area contributed by atoms with Gasteiger partial charge in [-0.3, -0.25) is 4.79 Å². The minimum Gasteiger partial charge on any atom is -0.479 e. The molecule has 1 N–H and O–H groups in total. The van der Waals surface area contributed by atoms with Gasteiger partial charge in [0.1, 0.15) is 5.75 Å². The molecule has 228 valence electrons. The Morgan fingerprint density at radius 3 is 2.33 bits per heavy atom. The van der Waals surface area contributed by atoms with E-state index in [4.69, 9.17) is 18.6 Å². The minimum absolute atomic E-state index is 0.0582. The van der Waals surface area contributed by atoms with E-state index in [9.17, 15) is 4.79 Å². The maximum Gasteiger partial charge on any atom is 0.291 e. The number of halogens is 1. The lowest BCUT2D eigenvalue weighted by atomic mass is 9.87. The Bertz CT molecular complexity index is 1340. The van der Waals surface area contributed by atoms with Gasteiger partial charge >= 0.3 is 0 Å². The van der Waals surface area contributed by atoms with Crippen LogP contribution in [0.25, 0.3) is 0 Å². The summed E-state index contributed by atoms with van der Waals surface area (Å²) in [4.78, 5) is 28.1. The van der Waals surface area contributed by atoms with Gasteiger partial charge in [-0.15, -0.1) is 0 Å². The average Bonchev–Trinajstić information content (AvgIpc) is 3.40. The third-order valence-corrected chi connectivity index (χ3v) is 7.73. The number of piperazine rings is 1. The molecule has 3 aromatic rings. The van der Waals surface area contributed by atoms with Gasteiger partial charge in [0.25, 0.3) is 5.95 Å². The molecule has 3 heterocycles. The molecule has 0 spiro atoms. The summed E-state index contributed by atoms with van der Waals surface area (Å²) in [6.07, 6.45) is 0.934. The summed E-state index contributed by atoms with van der Waals surface area (Å²) < 4.78 is 24.0. The number of ether oxygens (including phenoxy) is 3. The van der Waals surface area contributed by atoms with Gasteiger partial charge in [-0.05, 0) is 59.1 Å². The van der Waals surface area contributed by atoms with Gasteiger partial charge in [0.15, 0.2) is 5.69 Å². The second-order valence-corrected chi connectivity index (χ2v) is 12.1. The van der Waals surface area contributed by atoms with Crippen molar-refractivity contribution in [3.63, 3.8) is 0 Å². The number of anilines is 3. The van der Waals surface area contributed by atoms with E-state index in [1.165, 1.54) is 26.0 Å². The smallest absolute Gasteiger partial charge is 0.291 e. The van der Waals surface area contributed by atoms with Gasteiger partial charge in [-0.1, -0.05) is 26.8 Å². The summed E-state index contributed by atoms with van der Waals surface area (Å²) in [5, 5.41) is 3.26. The summed E-state index contributed by atoms with van der Waals surface area (Å²) in [5.41, 5.74) is 1.28. The van der Waals surface area contributed by atoms with Crippen molar-refractivity contribution in [1.82, 2.24) is 19.8 Å². The average molecular weight is 646 g/mol. The molecule has 1 aliphatic heterocycles. The quantitative estimate of drug-likeness (QED) is 0.262. The molecular formula is C30H41BrN6O5. The summed E-state index contributed by atoms with van der Waals surface area (Å²) >= 11 is 3.55. The molecule has 1 aliphatic rings. The molecule has 0 atom stereocenters. The van der Waals surface area contributed by atoms with Crippen LogP contribution in [0.15, 0.2) is 39.2 Å². The number of hydrogen-bond acceptors (Lipinski definition) is 10. The summed E-state index contributed by atoms with van der Waals surface area (Å²) in [5.74, 6) is 1.34. The van der Waals surface area contributed by atoms with E-state index in [2.05, 4.69) is 68.8 Å². The zero-order chi connectivity index (χ0) is 30.4. The Morgan fingerprint density at radius 2 is 1.74 bits per heavy atom. The van der Waals surface area contributed by atoms with Crippen molar-refractivity contribution in [2.45, 2.75) is 39.5 Å². The van der Waals surface area contributed by atoms with Crippen LogP contribution < -0.4 is 24.4 Å². The lowest BCUT2D eigenvalue weighted by Crippen LogP contribution is -2.44. The number of amides is 1. The highest BCUT2D eigenvalue weighted by atomic mass is 79.9. The minimum atomic E-state index is -0.347. The van der Waals surface area contributed by atoms with Crippen LogP contribution in [0.1, 0.15) is 39.7 Å². The van der Waals surface area contributed by atoms with Gasteiger partial charge in [0.2, 0.25) is 29.5 Å². The second-order valence-electron chi connectivity index (χ2n) is 11.3. The third-order valence-electron chi connectivity index (χ3n) is 7.07. The molecule has 1 amide bonds. The first-order valence-electron chi connectivity index (χ1n) is 14.0. The van der Waals surface area contributed by atoms with Gasteiger partial charge in [-0.2, -0.15) is 9.97 Å². The lowest BCUT2D eigenvalue weighted by Gasteiger charge is -2.32. The van der Waals surface area contributed by atoms with Crippen LogP contribution in [0.3, 0.4) is 0 Å². The number of hydrogen-bond donors (Lipinski definition) is 1. The van der Waals surface area contributed by atoms with Crippen molar-refractivity contribution in [3.05, 3.63) is 40.4 Å². The van der Waals surface area contributed by atoms with Gasteiger partial charge in [-0.25, -0.2) is 4.90 Å². The monoisotopic (exact) mass is 644 g/mol. The Balaban J connectivity index is 1.52. The molecule has 1 saturated heterocycles. The van der Waals surface area contributed by atoms with E-state index in [-0.39, 0.29) is 40.6 Å². The Hall–Kier alpha value is -3.35. The normalized spacial score (nSPS) is 14.5. The molecule has 1 fully saturated rings. The maximum atomic E-state index is 13.0. The first-order valence-corrected chi connectivity index (χ1v) is 14.8. The van der Waals surface area contributed by atoms with Crippen LogP contribution >= 0.6 is 15.9 Å². The molecule has 2 aromatic heterocycles. The van der Waals surface area contributed by atoms with Gasteiger partial charge < -0.3 is 33.7 Å². The van der Waals surface area contributed by atoms with Crippen molar-refractivity contribution in [1.29, 1.82) is 0 Å². The highest BCUT2D eigenvalue weighted by Gasteiger charge is 2.29. The van der Waals surface area contributed by atoms with Crippen LogP contribution in [0.4, 0.5) is 17.5 Å². The Labute approximate surface area is 256 Å². The van der Waals surface area contributed by atoms with Gasteiger partial charge in [0, 0.05) is 51.8 Å². The fourth-order valence-corrected chi connectivity index (χ4v) is 4.94. The van der Waals surface area contributed by atoms with Crippen molar-refractivity contribution >= 4 is 39.4 Å². The van der Waals surface area contributed by atoms with Crippen molar-refractivity contribution in [2.24, 2.45) is 0 Å². The Morgan fingerprint density at radius 1 is 1.07 bits per heavy atom. The van der Waals surface area contributed by atoms with E-state index in [0.717, 1.165) is 49.2 Å². The predicted octanol–water partition coefficient (Wildman–Crippen LogP) is 5.67. The first kappa shape index (κ1) is 31.6. The molecule has 0 bridgehead atoms. The van der Waals surface area contributed by atoms with Crippen molar-refractivity contribution in [2.75, 3.05) is 70.8 Å². The number of furan rings is 1. The number of methoxy groups -OCH3 is 2. The number of carbonyl (C=O) groups is 1. The van der Waals surface area contributed by atoms with E-state index in [1.54, 1.807) is 12.1 Å². The van der Waals surface area contributed by atoms with Crippen LogP contribution in [-0.4, -0.2) is 86.2 Å². The molecule has 11 nitrogen and oxygen atoms in total. The molecule has 0 saturated carbocycles. The van der Waals surface area contributed by atoms with Crippen LogP contribution in [0.5, 0.6) is 23.5 Å². The Kier molecular flexibility index (Phi) is 10.3. The molecule has 12 heteroatoms. The number of rotatable bonds is 11. The van der Waals surface area contributed by atoms with Crippen molar-refractivity contribution in [3.8, 4) is 23.5 Å². The van der Waals surface area contributed by atoms with E-state index >= 15 is 0 Å². The highest BCUT2D eigenvalue weighted by Crippen LogP contribution is 2.43. The molecular weight excluding hydrogens is 604 g/mol. The maximum absolute atomic E-state index is 13.0. The zero-order valence-electron chi connectivity index (χ0n) is 25.5. The third kappa shape index (κ3) is 7.73. The molecule has 42 heavy (non-hydrogen) atoms. The first-order chi connectivity index (χ1) is 20.0. The summed E-state index contributed by atoms with van der Waals surface area (Å²) in [6.45, 7) is 13.8. The number of aromatic nitrogens is 2. The largest absolute Gasteiger partial charge is 0.479 e. The number of likely N-dealkylation sites (N-methyl/N-ethyl adjacent to an activating group) is 1. The highest BCUT2D eigenvalue weighted by molar-refractivity contribution is 9.10. The fourth-order valence-electron chi connectivity index (χ4n) is 4.61. The molecule has 4 rings (SSSR count). The summed E-state index contributed by atoms with van der Waals surface area (Å²) in [7, 11) is 5.12. The van der Waals surface area contributed by atoms with E-state index in [0.29, 0.717) is 18.2 Å². The van der Waals surface area contributed by atoms with Crippen LogP contribution in [-0.2, 0) is 10.2 Å². The molecule has 0 aliphatic carbocycles. The zero-order valence-corrected chi connectivity index (χ0v) is 27.1. The standard InChI is InChI=1S/C30H41BrN6O5/c1-20(38)37(24-11-12-25(42-24)41-23-19-21(30(2,3)4)9-10-22(23)31)26-27(39-6)33-29(34-28(26)40-7)32-13-8-14-36-17-15-35(5)16-18-36/h9-12,19H,8,13-18H2,1-7H3,(H,32,33,34). The van der Waals surface area contributed by atoms with Crippen LogP contribution in [0, 0.1) is 0 Å². The van der Waals surface area contributed by atoms with E-state index < -0.39 is 0 Å². The number of nitrogens with one attached hydrogen (secondary N) is 1. The van der Waals surface area contributed by atoms with Gasteiger partial charge in [0.05, 0.1) is 18.7 Å². The molecule has 0 unspecified atom stereocenters. The lowest BCUT2D eigenvalue weighted by molar-refractivity contribution is -0.116. The molecule has 0 radical (unpaired) electrons. The number of nitrogens with zero attached hydrogens (tertiary/aromatic N) is 5. The summed E-state index contributed by atoms with van der Waals surface area (Å²) in [6, 6.07) is 9.24. The predicted molar refractivity (Wildman–Crippen MR) is 167 cm³/mol. The fraction of sp³-hybridized carbons (Fsp3) is 0.500.